The highest BCUT2D eigenvalue weighted by Crippen LogP contribution is 2.12. The molecule has 0 aromatic heterocycles. The molecule has 0 spiro atoms. The van der Waals surface area contributed by atoms with Crippen LogP contribution in [0.25, 0.3) is 6.08 Å². The molecule has 0 bridgehead atoms. The van der Waals surface area contributed by atoms with Crippen LogP contribution in [0.1, 0.15) is 11.1 Å². The lowest BCUT2D eigenvalue weighted by Gasteiger charge is -2.01. The van der Waals surface area contributed by atoms with E-state index in [4.69, 9.17) is 11.0 Å². The van der Waals surface area contributed by atoms with Gasteiger partial charge in [-0.3, -0.25) is 0 Å². The third-order valence-electron chi connectivity index (χ3n) is 1.66. The van der Waals surface area contributed by atoms with E-state index in [2.05, 4.69) is 0 Å². The summed E-state index contributed by atoms with van der Waals surface area (Å²) in [5.74, 6) is -0.311. The van der Waals surface area contributed by atoms with Crippen LogP contribution >= 0.6 is 0 Å². The number of nitrogens with zero attached hydrogens (tertiary/aromatic N) is 1. The van der Waals surface area contributed by atoms with Crippen molar-refractivity contribution in [2.75, 3.05) is 0 Å². The van der Waals surface area contributed by atoms with E-state index in [1.54, 1.807) is 12.1 Å². The highest BCUT2D eigenvalue weighted by molar-refractivity contribution is 5.55. The number of nitrogens with two attached hydrogens (primary N) is 1. The van der Waals surface area contributed by atoms with Gasteiger partial charge in [0.25, 0.3) is 0 Å². The van der Waals surface area contributed by atoms with Crippen LogP contribution < -0.4 is 5.73 Å². The second-order valence-corrected chi connectivity index (χ2v) is 2.51. The van der Waals surface area contributed by atoms with Gasteiger partial charge in [-0.25, -0.2) is 4.39 Å². The smallest absolute Gasteiger partial charge is 0.123 e. The predicted molar refractivity (Wildman–Crippen MR) is 48.9 cm³/mol. The Morgan fingerprint density at radius 2 is 2.31 bits per heavy atom. The summed E-state index contributed by atoms with van der Waals surface area (Å²) in [6, 6.07) is 6.19. The minimum Gasteiger partial charge on any atom is -0.326 e. The van der Waals surface area contributed by atoms with Crippen molar-refractivity contribution in [3.05, 3.63) is 41.2 Å². The SMILES string of the molecule is N#CC=Cc1ccc(F)cc1CN. The number of halogens is 1. The number of benzene rings is 1. The standard InChI is InChI=1S/C10H9FN2/c11-10-4-3-8(2-1-5-12)9(6-10)7-13/h1-4,6H,7,13H2. The normalized spacial score (nSPS) is 10.2. The molecule has 0 saturated heterocycles. The van der Waals surface area contributed by atoms with E-state index in [0.29, 0.717) is 5.56 Å². The van der Waals surface area contributed by atoms with E-state index in [-0.39, 0.29) is 12.4 Å². The van der Waals surface area contributed by atoms with Gasteiger partial charge in [0.1, 0.15) is 5.82 Å². The first-order chi connectivity index (χ1) is 6.27. The summed E-state index contributed by atoms with van der Waals surface area (Å²) in [6.45, 7) is 0.267. The molecule has 0 unspecified atom stereocenters. The molecule has 3 heteroatoms. The predicted octanol–water partition coefficient (Wildman–Crippen LogP) is 1.82. The summed E-state index contributed by atoms with van der Waals surface area (Å²) in [7, 11) is 0. The lowest BCUT2D eigenvalue weighted by molar-refractivity contribution is 0.625. The lowest BCUT2D eigenvalue weighted by Crippen LogP contribution is -1.99. The maximum atomic E-state index is 12.7. The summed E-state index contributed by atoms with van der Waals surface area (Å²) in [4.78, 5) is 0. The minimum atomic E-state index is -0.311. The van der Waals surface area contributed by atoms with Crippen LogP contribution in [0.5, 0.6) is 0 Å². The van der Waals surface area contributed by atoms with E-state index in [1.165, 1.54) is 18.2 Å². The monoisotopic (exact) mass is 176 g/mol. The van der Waals surface area contributed by atoms with Gasteiger partial charge < -0.3 is 5.73 Å². The molecule has 0 saturated carbocycles. The van der Waals surface area contributed by atoms with Crippen LogP contribution in [-0.4, -0.2) is 0 Å². The molecule has 0 heterocycles. The van der Waals surface area contributed by atoms with Crippen LogP contribution in [0.15, 0.2) is 24.3 Å². The molecule has 0 aliphatic carbocycles. The molecule has 2 nitrogen and oxygen atoms in total. The molecule has 1 aromatic carbocycles. The van der Waals surface area contributed by atoms with Crippen molar-refractivity contribution in [2.45, 2.75) is 6.54 Å². The van der Waals surface area contributed by atoms with Crippen LogP contribution in [0.4, 0.5) is 4.39 Å². The molecule has 66 valence electrons. The van der Waals surface area contributed by atoms with Gasteiger partial charge >= 0.3 is 0 Å². The first-order valence-electron chi connectivity index (χ1n) is 3.82. The zero-order chi connectivity index (χ0) is 9.68. The zero-order valence-electron chi connectivity index (χ0n) is 7.00. The van der Waals surface area contributed by atoms with Gasteiger partial charge in [0, 0.05) is 12.6 Å². The number of hydrogen-bond donors (Lipinski definition) is 1. The fraction of sp³-hybridized carbons (Fsp3) is 0.100. The summed E-state index contributed by atoms with van der Waals surface area (Å²) >= 11 is 0. The minimum absolute atomic E-state index is 0.267. The molecule has 0 amide bonds. The Morgan fingerprint density at radius 3 is 2.92 bits per heavy atom. The average molecular weight is 176 g/mol. The van der Waals surface area contributed by atoms with Crippen LogP contribution in [0.2, 0.25) is 0 Å². The molecular formula is C10H9FN2. The van der Waals surface area contributed by atoms with Gasteiger partial charge in [-0.05, 0) is 29.3 Å². The van der Waals surface area contributed by atoms with E-state index >= 15 is 0 Å². The zero-order valence-corrected chi connectivity index (χ0v) is 7.00. The maximum absolute atomic E-state index is 12.7. The van der Waals surface area contributed by atoms with Crippen molar-refractivity contribution in [1.29, 1.82) is 5.26 Å². The Hall–Kier alpha value is -1.66. The summed E-state index contributed by atoms with van der Waals surface area (Å²) < 4.78 is 12.7. The fourth-order valence-corrected chi connectivity index (χ4v) is 1.04. The number of nitriles is 1. The Morgan fingerprint density at radius 1 is 1.54 bits per heavy atom. The quantitative estimate of drug-likeness (QED) is 0.699. The molecule has 0 aliphatic rings. The average Bonchev–Trinajstić information content (AvgIpc) is 2.16. The molecule has 1 aromatic rings. The van der Waals surface area contributed by atoms with Gasteiger partial charge in [0.15, 0.2) is 0 Å². The Bertz CT molecular complexity index is 364. The van der Waals surface area contributed by atoms with Crippen LogP contribution in [0.3, 0.4) is 0 Å². The third-order valence-corrected chi connectivity index (χ3v) is 1.66. The van der Waals surface area contributed by atoms with Gasteiger partial charge in [-0.1, -0.05) is 6.07 Å². The van der Waals surface area contributed by atoms with Gasteiger partial charge in [0.05, 0.1) is 6.07 Å². The number of hydrogen-bond acceptors (Lipinski definition) is 2. The topological polar surface area (TPSA) is 49.8 Å². The van der Waals surface area contributed by atoms with Crippen molar-refractivity contribution < 1.29 is 4.39 Å². The highest BCUT2D eigenvalue weighted by Gasteiger charge is 1.98. The molecule has 2 N–H and O–H groups in total. The third kappa shape index (κ3) is 2.39. The molecule has 1 rings (SSSR count). The molecule has 0 radical (unpaired) electrons. The molecule has 13 heavy (non-hydrogen) atoms. The maximum Gasteiger partial charge on any atom is 0.123 e. The lowest BCUT2D eigenvalue weighted by atomic mass is 10.1. The van der Waals surface area contributed by atoms with Crippen molar-refractivity contribution in [3.63, 3.8) is 0 Å². The molecule has 0 aliphatic heterocycles. The van der Waals surface area contributed by atoms with Crippen molar-refractivity contribution in [1.82, 2.24) is 0 Å². The molecule has 0 atom stereocenters. The Kier molecular flexibility index (Phi) is 3.18. The van der Waals surface area contributed by atoms with E-state index < -0.39 is 0 Å². The number of allylic oxidation sites excluding steroid dienone is 1. The van der Waals surface area contributed by atoms with Crippen molar-refractivity contribution in [3.8, 4) is 6.07 Å². The van der Waals surface area contributed by atoms with E-state index in [0.717, 1.165) is 5.56 Å². The summed E-state index contributed by atoms with van der Waals surface area (Å²) in [5.41, 5.74) is 6.89. The van der Waals surface area contributed by atoms with Gasteiger partial charge in [0.2, 0.25) is 0 Å². The molecule has 0 fully saturated rings. The van der Waals surface area contributed by atoms with Crippen LogP contribution in [-0.2, 0) is 6.54 Å². The Labute approximate surface area is 76.1 Å². The van der Waals surface area contributed by atoms with E-state index in [1.807, 2.05) is 6.07 Å². The summed E-state index contributed by atoms with van der Waals surface area (Å²) in [5, 5.41) is 8.30. The Balaban J connectivity index is 3.07. The fourth-order valence-electron chi connectivity index (χ4n) is 1.04. The van der Waals surface area contributed by atoms with Gasteiger partial charge in [-0.2, -0.15) is 5.26 Å². The van der Waals surface area contributed by atoms with Gasteiger partial charge in [-0.15, -0.1) is 0 Å². The molecular weight excluding hydrogens is 167 g/mol. The van der Waals surface area contributed by atoms with Crippen LogP contribution in [0, 0.1) is 17.1 Å². The largest absolute Gasteiger partial charge is 0.326 e. The second kappa shape index (κ2) is 4.39. The van der Waals surface area contributed by atoms with E-state index in [9.17, 15) is 4.39 Å². The summed E-state index contributed by atoms with van der Waals surface area (Å²) in [6.07, 6.45) is 2.95. The second-order valence-electron chi connectivity index (χ2n) is 2.51. The first-order valence-corrected chi connectivity index (χ1v) is 3.82. The number of rotatable bonds is 2. The first kappa shape index (κ1) is 9.43. The highest BCUT2D eigenvalue weighted by atomic mass is 19.1. The van der Waals surface area contributed by atoms with Crippen molar-refractivity contribution in [2.24, 2.45) is 5.73 Å². The van der Waals surface area contributed by atoms with Crippen molar-refractivity contribution >= 4 is 6.08 Å².